The standard InChI is InChI=1S/C16H22N2O3/c1-17-12-13-11-16(21-10-9-20-8-7-19-2)18-15-6-4-3-5-14(13)15/h3-6,11,17H,7-10,12H2,1-2H3. The molecule has 0 aliphatic carbocycles. The van der Waals surface area contributed by atoms with Crippen molar-refractivity contribution in [3.8, 4) is 5.88 Å². The van der Waals surface area contributed by atoms with Gasteiger partial charge in [0.05, 0.1) is 25.3 Å². The highest BCUT2D eigenvalue weighted by Crippen LogP contribution is 2.21. The number of benzene rings is 1. The minimum Gasteiger partial charge on any atom is -0.475 e. The second-order valence-corrected chi connectivity index (χ2v) is 4.62. The van der Waals surface area contributed by atoms with Crippen molar-refractivity contribution in [3.05, 3.63) is 35.9 Å². The van der Waals surface area contributed by atoms with Crippen LogP contribution in [0.3, 0.4) is 0 Å². The number of aromatic nitrogens is 1. The number of pyridine rings is 1. The molecular formula is C16H22N2O3. The van der Waals surface area contributed by atoms with Crippen LogP contribution in [-0.4, -0.2) is 45.6 Å². The van der Waals surface area contributed by atoms with Crippen LogP contribution in [0.4, 0.5) is 0 Å². The first-order valence-corrected chi connectivity index (χ1v) is 7.08. The highest BCUT2D eigenvalue weighted by atomic mass is 16.5. The highest BCUT2D eigenvalue weighted by Gasteiger charge is 2.05. The summed E-state index contributed by atoms with van der Waals surface area (Å²) in [6.45, 7) is 2.97. The van der Waals surface area contributed by atoms with Gasteiger partial charge >= 0.3 is 0 Å². The van der Waals surface area contributed by atoms with Gasteiger partial charge in [0.1, 0.15) is 6.61 Å². The predicted octanol–water partition coefficient (Wildman–Crippen LogP) is 2.00. The molecule has 2 rings (SSSR count). The molecule has 1 aromatic carbocycles. The van der Waals surface area contributed by atoms with Gasteiger partial charge in [-0.2, -0.15) is 0 Å². The zero-order chi connectivity index (χ0) is 14.9. The van der Waals surface area contributed by atoms with E-state index in [-0.39, 0.29) is 0 Å². The van der Waals surface area contributed by atoms with Crippen molar-refractivity contribution in [2.75, 3.05) is 40.6 Å². The van der Waals surface area contributed by atoms with E-state index in [1.54, 1.807) is 7.11 Å². The number of hydrogen-bond acceptors (Lipinski definition) is 5. The van der Waals surface area contributed by atoms with E-state index < -0.39 is 0 Å². The predicted molar refractivity (Wildman–Crippen MR) is 82.7 cm³/mol. The maximum Gasteiger partial charge on any atom is 0.214 e. The van der Waals surface area contributed by atoms with Crippen molar-refractivity contribution in [1.29, 1.82) is 0 Å². The van der Waals surface area contributed by atoms with Gasteiger partial charge in [0.25, 0.3) is 0 Å². The van der Waals surface area contributed by atoms with E-state index >= 15 is 0 Å². The van der Waals surface area contributed by atoms with Gasteiger partial charge in [0.2, 0.25) is 5.88 Å². The minimum atomic E-state index is 0.480. The van der Waals surface area contributed by atoms with E-state index in [0.717, 1.165) is 17.4 Å². The van der Waals surface area contributed by atoms with Gasteiger partial charge in [-0.25, -0.2) is 4.98 Å². The molecule has 0 unspecified atom stereocenters. The third kappa shape index (κ3) is 4.67. The third-order valence-electron chi connectivity index (χ3n) is 3.05. The van der Waals surface area contributed by atoms with Crippen LogP contribution >= 0.6 is 0 Å². The lowest BCUT2D eigenvalue weighted by atomic mass is 10.1. The SMILES string of the molecule is CNCc1cc(OCCOCCOC)nc2ccccc12. The van der Waals surface area contributed by atoms with Gasteiger partial charge in [0, 0.05) is 25.1 Å². The summed E-state index contributed by atoms with van der Waals surface area (Å²) in [6, 6.07) is 10.1. The maximum atomic E-state index is 5.68. The third-order valence-corrected chi connectivity index (χ3v) is 3.05. The van der Waals surface area contributed by atoms with Crippen molar-refractivity contribution >= 4 is 10.9 Å². The molecule has 0 radical (unpaired) electrons. The smallest absolute Gasteiger partial charge is 0.214 e. The number of fused-ring (bicyclic) bond motifs is 1. The molecule has 114 valence electrons. The molecule has 0 saturated carbocycles. The van der Waals surface area contributed by atoms with Crippen molar-refractivity contribution in [1.82, 2.24) is 10.3 Å². The zero-order valence-corrected chi connectivity index (χ0v) is 12.6. The fraction of sp³-hybridized carbons (Fsp3) is 0.438. The Labute approximate surface area is 125 Å². The summed E-state index contributed by atoms with van der Waals surface area (Å²) in [7, 11) is 3.58. The van der Waals surface area contributed by atoms with Crippen LogP contribution in [0.2, 0.25) is 0 Å². The number of methoxy groups -OCH3 is 1. The summed E-state index contributed by atoms with van der Waals surface area (Å²) in [5.41, 5.74) is 2.12. The second kappa shape index (κ2) is 8.56. The van der Waals surface area contributed by atoms with Crippen molar-refractivity contribution in [2.24, 2.45) is 0 Å². The summed E-state index contributed by atoms with van der Waals surface area (Å²) in [5.74, 6) is 0.634. The number of ether oxygens (including phenoxy) is 3. The van der Waals surface area contributed by atoms with Gasteiger partial charge in [-0.05, 0) is 18.7 Å². The van der Waals surface area contributed by atoms with Gasteiger partial charge in [-0.3, -0.25) is 0 Å². The largest absolute Gasteiger partial charge is 0.475 e. The Hall–Kier alpha value is -1.69. The van der Waals surface area contributed by atoms with Crippen LogP contribution in [0, 0.1) is 0 Å². The van der Waals surface area contributed by atoms with E-state index in [4.69, 9.17) is 14.2 Å². The van der Waals surface area contributed by atoms with E-state index in [2.05, 4.69) is 16.4 Å². The van der Waals surface area contributed by atoms with Crippen LogP contribution in [0.1, 0.15) is 5.56 Å². The number of rotatable bonds is 9. The second-order valence-electron chi connectivity index (χ2n) is 4.62. The van der Waals surface area contributed by atoms with E-state index in [1.807, 2.05) is 31.3 Å². The molecule has 0 saturated heterocycles. The average molecular weight is 290 g/mol. The number of para-hydroxylation sites is 1. The molecule has 0 amide bonds. The first-order valence-electron chi connectivity index (χ1n) is 7.08. The van der Waals surface area contributed by atoms with Gasteiger partial charge < -0.3 is 19.5 Å². The summed E-state index contributed by atoms with van der Waals surface area (Å²) in [4.78, 5) is 4.52. The number of hydrogen-bond donors (Lipinski definition) is 1. The minimum absolute atomic E-state index is 0.480. The molecule has 0 fully saturated rings. The lowest BCUT2D eigenvalue weighted by molar-refractivity contribution is 0.0537. The lowest BCUT2D eigenvalue weighted by Crippen LogP contribution is -2.11. The van der Waals surface area contributed by atoms with Crippen LogP contribution in [0.25, 0.3) is 10.9 Å². The van der Waals surface area contributed by atoms with Crippen LogP contribution in [0.15, 0.2) is 30.3 Å². The Kier molecular flexibility index (Phi) is 6.40. The van der Waals surface area contributed by atoms with Gasteiger partial charge in [0.15, 0.2) is 0 Å². The fourth-order valence-electron chi connectivity index (χ4n) is 2.08. The molecular weight excluding hydrogens is 268 g/mol. The molecule has 0 aliphatic rings. The summed E-state index contributed by atoms with van der Waals surface area (Å²) in [6.07, 6.45) is 0. The molecule has 21 heavy (non-hydrogen) atoms. The van der Waals surface area contributed by atoms with E-state index in [1.165, 1.54) is 5.56 Å². The van der Waals surface area contributed by atoms with E-state index in [0.29, 0.717) is 32.3 Å². The van der Waals surface area contributed by atoms with Crippen LogP contribution < -0.4 is 10.1 Å². The van der Waals surface area contributed by atoms with E-state index in [9.17, 15) is 0 Å². The van der Waals surface area contributed by atoms with Crippen molar-refractivity contribution in [2.45, 2.75) is 6.54 Å². The van der Waals surface area contributed by atoms with Gasteiger partial charge in [-0.15, -0.1) is 0 Å². The summed E-state index contributed by atoms with van der Waals surface area (Å²) in [5, 5.41) is 4.32. The molecule has 5 nitrogen and oxygen atoms in total. The molecule has 1 heterocycles. The Morgan fingerprint density at radius 3 is 2.71 bits per heavy atom. The molecule has 0 atom stereocenters. The Bertz CT molecular complexity index is 560. The average Bonchev–Trinajstić information content (AvgIpc) is 2.51. The molecule has 2 aromatic rings. The Balaban J connectivity index is 1.99. The van der Waals surface area contributed by atoms with Crippen molar-refractivity contribution in [3.63, 3.8) is 0 Å². The monoisotopic (exact) mass is 290 g/mol. The van der Waals surface area contributed by atoms with Crippen molar-refractivity contribution < 1.29 is 14.2 Å². The zero-order valence-electron chi connectivity index (χ0n) is 12.6. The fourth-order valence-corrected chi connectivity index (χ4v) is 2.08. The highest BCUT2D eigenvalue weighted by molar-refractivity contribution is 5.82. The molecule has 1 N–H and O–H groups in total. The first-order chi connectivity index (χ1) is 10.3. The first kappa shape index (κ1) is 15.7. The number of nitrogens with zero attached hydrogens (tertiary/aromatic N) is 1. The van der Waals surface area contributed by atoms with Crippen LogP contribution in [-0.2, 0) is 16.0 Å². The summed E-state index contributed by atoms with van der Waals surface area (Å²) >= 11 is 0. The molecule has 5 heteroatoms. The Morgan fingerprint density at radius 1 is 1.10 bits per heavy atom. The number of nitrogens with one attached hydrogen (secondary N) is 1. The van der Waals surface area contributed by atoms with Gasteiger partial charge in [-0.1, -0.05) is 18.2 Å². The topological polar surface area (TPSA) is 52.6 Å². The lowest BCUT2D eigenvalue weighted by Gasteiger charge is -2.10. The molecule has 1 aromatic heterocycles. The normalized spacial score (nSPS) is 11.0. The molecule has 0 bridgehead atoms. The quantitative estimate of drug-likeness (QED) is 0.716. The summed E-state index contributed by atoms with van der Waals surface area (Å²) < 4.78 is 16.0. The molecule has 0 spiro atoms. The molecule has 0 aliphatic heterocycles. The maximum absolute atomic E-state index is 5.68. The van der Waals surface area contributed by atoms with Crippen LogP contribution in [0.5, 0.6) is 5.88 Å². The Morgan fingerprint density at radius 2 is 1.90 bits per heavy atom.